The quantitative estimate of drug-likeness (QED) is 0.317. The van der Waals surface area contributed by atoms with Crippen LogP contribution >= 0.6 is 0 Å². The van der Waals surface area contributed by atoms with E-state index >= 15 is 0 Å². The van der Waals surface area contributed by atoms with Gasteiger partial charge in [0.05, 0.1) is 11.4 Å². The average molecular weight is 437 g/mol. The van der Waals surface area contributed by atoms with Crippen LogP contribution in [0.1, 0.15) is 43.9 Å². The van der Waals surface area contributed by atoms with Gasteiger partial charge in [0.2, 0.25) is 0 Å². The first kappa shape index (κ1) is 23.6. The smallest absolute Gasteiger partial charge is 0.190 e. The van der Waals surface area contributed by atoms with E-state index in [0.717, 1.165) is 55.7 Å². The number of guanidine groups is 1. The normalized spacial score (nSPS) is 15.5. The van der Waals surface area contributed by atoms with Crippen molar-refractivity contribution in [2.24, 2.45) is 10.9 Å². The minimum Gasteiger partial charge on any atom is -0.382 e. The van der Waals surface area contributed by atoms with Crippen molar-refractivity contribution in [2.45, 2.75) is 39.0 Å². The number of likely N-dealkylation sites (tertiary alicyclic amines) is 1. The molecule has 8 heteroatoms. The van der Waals surface area contributed by atoms with Crippen LogP contribution in [0, 0.1) is 17.2 Å². The molecule has 0 amide bonds. The molecule has 0 spiro atoms. The zero-order valence-corrected chi connectivity index (χ0v) is 19.3. The number of nitrogens with two attached hydrogens (primary N) is 1. The summed E-state index contributed by atoms with van der Waals surface area (Å²) >= 11 is 0. The molecule has 4 N–H and O–H groups in total. The number of nitriles is 1. The van der Waals surface area contributed by atoms with E-state index in [1.165, 1.54) is 25.9 Å². The Morgan fingerprint density at radius 1 is 1.19 bits per heavy atom. The predicted octanol–water partition coefficient (Wildman–Crippen LogP) is 2.55. The van der Waals surface area contributed by atoms with Gasteiger partial charge >= 0.3 is 0 Å². The van der Waals surface area contributed by atoms with Crippen molar-refractivity contribution in [3.8, 4) is 11.8 Å². The van der Waals surface area contributed by atoms with Crippen LogP contribution in [0.25, 0.3) is 5.69 Å². The second-order valence-electron chi connectivity index (χ2n) is 8.47. The number of piperidine rings is 1. The molecule has 172 valence electrons. The van der Waals surface area contributed by atoms with E-state index in [-0.39, 0.29) is 0 Å². The minimum absolute atomic E-state index is 0.391. The van der Waals surface area contributed by atoms with Crippen LogP contribution in [0.2, 0.25) is 0 Å². The van der Waals surface area contributed by atoms with E-state index in [4.69, 9.17) is 5.73 Å². The Morgan fingerprint density at radius 3 is 2.53 bits per heavy atom. The lowest BCUT2D eigenvalue weighted by Crippen LogP contribution is -2.40. The first-order valence-corrected chi connectivity index (χ1v) is 11.6. The molecule has 1 aliphatic rings. The molecule has 1 fully saturated rings. The lowest BCUT2D eigenvalue weighted by Gasteiger charge is -2.30. The second-order valence-corrected chi connectivity index (χ2v) is 8.47. The highest BCUT2D eigenvalue weighted by Gasteiger charge is 2.16. The Labute approximate surface area is 191 Å². The number of rotatable bonds is 9. The number of benzene rings is 1. The molecule has 1 aliphatic heterocycles. The van der Waals surface area contributed by atoms with Crippen molar-refractivity contribution in [2.75, 3.05) is 45.5 Å². The Kier molecular flexibility index (Phi) is 8.93. The summed E-state index contributed by atoms with van der Waals surface area (Å²) in [6.07, 6.45) is 5.24. The lowest BCUT2D eigenvalue weighted by molar-refractivity contribution is 0.191. The Hall–Kier alpha value is -3.05. The highest BCUT2D eigenvalue weighted by molar-refractivity contribution is 5.79. The van der Waals surface area contributed by atoms with Gasteiger partial charge in [-0.2, -0.15) is 10.4 Å². The molecule has 0 unspecified atom stereocenters. The van der Waals surface area contributed by atoms with Crippen LogP contribution in [-0.4, -0.2) is 60.4 Å². The fourth-order valence-corrected chi connectivity index (χ4v) is 4.02. The molecule has 1 aromatic carbocycles. The SMILES string of the molecule is CN=C(NCCCc1nn(-c2ccccc2)c(N)c1C#N)NCCCN1CCC(C)CC1. The van der Waals surface area contributed by atoms with Crippen LogP contribution in [0.15, 0.2) is 35.3 Å². The summed E-state index contributed by atoms with van der Waals surface area (Å²) in [5, 5.41) is 20.9. The van der Waals surface area contributed by atoms with Gasteiger partial charge in [-0.3, -0.25) is 4.99 Å². The molecule has 0 bridgehead atoms. The zero-order chi connectivity index (χ0) is 22.8. The van der Waals surface area contributed by atoms with E-state index in [1.807, 2.05) is 30.3 Å². The number of aryl methyl sites for hydroxylation is 1. The van der Waals surface area contributed by atoms with Crippen molar-refractivity contribution < 1.29 is 0 Å². The van der Waals surface area contributed by atoms with Crippen molar-refractivity contribution in [1.82, 2.24) is 25.3 Å². The van der Waals surface area contributed by atoms with Crippen LogP contribution in [-0.2, 0) is 6.42 Å². The monoisotopic (exact) mass is 436 g/mol. The Balaban J connectivity index is 1.40. The summed E-state index contributed by atoms with van der Waals surface area (Å²) in [4.78, 5) is 6.87. The van der Waals surface area contributed by atoms with Gasteiger partial charge in [-0.1, -0.05) is 25.1 Å². The molecule has 1 saturated heterocycles. The van der Waals surface area contributed by atoms with Crippen molar-refractivity contribution in [3.63, 3.8) is 0 Å². The number of nitrogens with one attached hydrogen (secondary N) is 2. The Morgan fingerprint density at radius 2 is 1.88 bits per heavy atom. The highest BCUT2D eigenvalue weighted by Crippen LogP contribution is 2.21. The molecular formula is C24H36N8. The molecule has 0 saturated carbocycles. The minimum atomic E-state index is 0.391. The number of para-hydroxylation sites is 1. The Bertz CT molecular complexity index is 904. The molecule has 1 aromatic heterocycles. The molecule has 2 heterocycles. The maximum Gasteiger partial charge on any atom is 0.190 e. The molecule has 2 aromatic rings. The molecule has 0 radical (unpaired) electrons. The first-order chi connectivity index (χ1) is 15.6. The van der Waals surface area contributed by atoms with Gasteiger partial charge in [-0.25, -0.2) is 4.68 Å². The van der Waals surface area contributed by atoms with Gasteiger partial charge in [0.1, 0.15) is 17.5 Å². The van der Waals surface area contributed by atoms with E-state index in [1.54, 1.807) is 11.7 Å². The second kappa shape index (κ2) is 12.1. The fraction of sp³-hybridized carbons (Fsp3) is 0.542. The summed E-state index contributed by atoms with van der Waals surface area (Å²) in [6.45, 7) is 7.58. The van der Waals surface area contributed by atoms with Gasteiger partial charge in [0.25, 0.3) is 0 Å². The highest BCUT2D eigenvalue weighted by atomic mass is 15.3. The average Bonchev–Trinajstić information content (AvgIpc) is 3.14. The topological polar surface area (TPSA) is 107 Å². The number of anilines is 1. The summed E-state index contributed by atoms with van der Waals surface area (Å²) in [6, 6.07) is 11.9. The predicted molar refractivity (Wildman–Crippen MR) is 130 cm³/mol. The van der Waals surface area contributed by atoms with Gasteiger partial charge in [-0.05, 0) is 69.8 Å². The van der Waals surface area contributed by atoms with Gasteiger partial charge in [0.15, 0.2) is 5.96 Å². The molecule has 0 aliphatic carbocycles. The van der Waals surface area contributed by atoms with Crippen molar-refractivity contribution in [3.05, 3.63) is 41.6 Å². The summed E-state index contributed by atoms with van der Waals surface area (Å²) in [7, 11) is 1.79. The lowest BCUT2D eigenvalue weighted by atomic mass is 9.99. The maximum atomic E-state index is 9.54. The third-order valence-corrected chi connectivity index (χ3v) is 6.03. The van der Waals surface area contributed by atoms with Crippen LogP contribution < -0.4 is 16.4 Å². The van der Waals surface area contributed by atoms with E-state index in [9.17, 15) is 5.26 Å². The van der Waals surface area contributed by atoms with Crippen molar-refractivity contribution >= 4 is 11.8 Å². The number of nitrogens with zero attached hydrogens (tertiary/aromatic N) is 5. The summed E-state index contributed by atoms with van der Waals surface area (Å²) < 4.78 is 1.64. The van der Waals surface area contributed by atoms with Crippen LogP contribution in [0.3, 0.4) is 0 Å². The van der Waals surface area contributed by atoms with Gasteiger partial charge in [0, 0.05) is 20.1 Å². The van der Waals surface area contributed by atoms with Gasteiger partial charge < -0.3 is 21.3 Å². The summed E-state index contributed by atoms with van der Waals surface area (Å²) in [5.74, 6) is 2.08. The summed E-state index contributed by atoms with van der Waals surface area (Å²) in [5.41, 5.74) is 8.23. The fourth-order valence-electron chi connectivity index (χ4n) is 4.02. The number of nitrogen functional groups attached to an aromatic ring is 1. The molecular weight excluding hydrogens is 400 g/mol. The van der Waals surface area contributed by atoms with E-state index in [0.29, 0.717) is 17.8 Å². The molecule has 8 nitrogen and oxygen atoms in total. The number of aromatic nitrogens is 2. The van der Waals surface area contributed by atoms with Crippen LogP contribution in [0.4, 0.5) is 5.82 Å². The number of aliphatic imine (C=N–C) groups is 1. The number of hydrogen-bond acceptors (Lipinski definition) is 5. The van der Waals surface area contributed by atoms with Crippen LogP contribution in [0.5, 0.6) is 0 Å². The first-order valence-electron chi connectivity index (χ1n) is 11.6. The zero-order valence-electron chi connectivity index (χ0n) is 19.3. The number of hydrogen-bond donors (Lipinski definition) is 3. The van der Waals surface area contributed by atoms with E-state index < -0.39 is 0 Å². The third-order valence-electron chi connectivity index (χ3n) is 6.03. The third kappa shape index (κ3) is 6.47. The standard InChI is InChI=1S/C24H36N8/c1-19-11-16-31(17-12-19)15-7-14-29-24(27-2)28-13-6-10-22-21(18-25)23(26)32(30-22)20-8-4-3-5-9-20/h3-5,8-9,19H,6-7,10-17,26H2,1-2H3,(H2,27,28,29). The van der Waals surface area contributed by atoms with Gasteiger partial charge in [-0.15, -0.1) is 0 Å². The molecule has 0 atom stereocenters. The maximum absolute atomic E-state index is 9.54. The largest absolute Gasteiger partial charge is 0.382 e. The van der Waals surface area contributed by atoms with Crippen molar-refractivity contribution in [1.29, 1.82) is 5.26 Å². The van der Waals surface area contributed by atoms with E-state index in [2.05, 4.69) is 38.6 Å². The molecule has 3 rings (SSSR count). The molecule has 32 heavy (non-hydrogen) atoms.